The van der Waals surface area contributed by atoms with Gasteiger partial charge in [-0.05, 0) is 6.92 Å². The van der Waals surface area contributed by atoms with Crippen molar-refractivity contribution >= 4 is 16.8 Å². The molecule has 4 nitrogen and oxygen atoms in total. The van der Waals surface area contributed by atoms with Gasteiger partial charge in [0, 0.05) is 23.0 Å². The number of nitriles is 1. The summed E-state index contributed by atoms with van der Waals surface area (Å²) in [4.78, 5) is 10.7. The summed E-state index contributed by atoms with van der Waals surface area (Å²) in [6.07, 6.45) is 0.214. The largest absolute Gasteiger partial charge is 0.465 e. The summed E-state index contributed by atoms with van der Waals surface area (Å²) in [5.41, 5.74) is 0. The van der Waals surface area contributed by atoms with E-state index in [1.165, 1.54) is 0 Å². The van der Waals surface area contributed by atoms with E-state index in [1.54, 1.807) is 6.92 Å². The molecule has 12 heavy (non-hydrogen) atoms. The molecule has 0 N–H and O–H groups in total. The van der Waals surface area contributed by atoms with Crippen LogP contribution in [0.5, 0.6) is 0 Å². The zero-order valence-corrected chi connectivity index (χ0v) is 7.73. The lowest BCUT2D eigenvalue weighted by Crippen LogP contribution is -2.15. The molecule has 0 aromatic heterocycles. The maximum Gasteiger partial charge on any atom is 0.318 e. The molecule has 0 aromatic rings. The molecular weight excluding hydrogens is 178 g/mol. The van der Waals surface area contributed by atoms with E-state index in [0.717, 1.165) is 0 Å². The predicted molar refractivity (Wildman–Crippen MR) is 44.7 cm³/mol. The van der Waals surface area contributed by atoms with E-state index in [0.29, 0.717) is 6.61 Å². The van der Waals surface area contributed by atoms with Crippen LogP contribution in [0, 0.1) is 11.3 Å². The Morgan fingerprint density at radius 2 is 2.33 bits per heavy atom. The lowest BCUT2D eigenvalue weighted by atomic mass is 10.6. The number of nitrogens with zero attached hydrogens (tertiary/aromatic N) is 1. The topological polar surface area (TPSA) is 67.2 Å². The Morgan fingerprint density at radius 3 is 2.83 bits per heavy atom. The van der Waals surface area contributed by atoms with Crippen LogP contribution in [-0.2, 0) is 20.3 Å². The molecule has 0 saturated heterocycles. The van der Waals surface area contributed by atoms with E-state index in [9.17, 15) is 9.00 Å². The van der Waals surface area contributed by atoms with E-state index in [2.05, 4.69) is 4.74 Å². The summed E-state index contributed by atoms with van der Waals surface area (Å²) in [6, 6.07) is 1.86. The van der Waals surface area contributed by atoms with Crippen LogP contribution in [0.25, 0.3) is 0 Å². The summed E-state index contributed by atoms with van der Waals surface area (Å²) in [7, 11) is -1.25. The van der Waals surface area contributed by atoms with Crippen LogP contribution in [0.1, 0.15) is 13.3 Å². The van der Waals surface area contributed by atoms with Crippen molar-refractivity contribution < 1.29 is 13.7 Å². The molecule has 0 aliphatic heterocycles. The smallest absolute Gasteiger partial charge is 0.318 e. The Morgan fingerprint density at radius 1 is 1.67 bits per heavy atom. The molecule has 0 aliphatic rings. The zero-order chi connectivity index (χ0) is 9.40. The lowest BCUT2D eigenvalue weighted by Gasteiger charge is -1.99. The Hall–Kier alpha value is -0.890. The van der Waals surface area contributed by atoms with Gasteiger partial charge in [0.15, 0.2) is 0 Å². The van der Waals surface area contributed by atoms with Crippen LogP contribution in [0.2, 0.25) is 0 Å². The number of esters is 1. The minimum atomic E-state index is -1.25. The van der Waals surface area contributed by atoms with Crippen LogP contribution >= 0.6 is 0 Å². The third-order valence-corrected chi connectivity index (χ3v) is 2.24. The average molecular weight is 189 g/mol. The number of ether oxygens (including phenoxy) is 1. The molecule has 0 heterocycles. The zero-order valence-electron chi connectivity index (χ0n) is 6.91. The molecule has 5 heteroatoms. The molecule has 0 amide bonds. The van der Waals surface area contributed by atoms with Crippen molar-refractivity contribution in [3.05, 3.63) is 0 Å². The number of carbonyl (C=O) groups excluding carboxylic acids is 1. The first-order valence-electron chi connectivity index (χ1n) is 3.58. The van der Waals surface area contributed by atoms with Gasteiger partial charge >= 0.3 is 5.97 Å². The summed E-state index contributed by atoms with van der Waals surface area (Å²) in [6.45, 7) is 1.99. The van der Waals surface area contributed by atoms with Crippen molar-refractivity contribution in [1.82, 2.24) is 0 Å². The van der Waals surface area contributed by atoms with E-state index >= 15 is 0 Å². The Balaban J connectivity index is 3.56. The van der Waals surface area contributed by atoms with Crippen molar-refractivity contribution in [3.63, 3.8) is 0 Å². The Kier molecular flexibility index (Phi) is 6.29. The summed E-state index contributed by atoms with van der Waals surface area (Å²) in [5, 5.41) is 8.15. The molecule has 0 rings (SSSR count). The summed E-state index contributed by atoms with van der Waals surface area (Å²) in [5.74, 6) is -0.320. The molecule has 0 bridgehead atoms. The lowest BCUT2D eigenvalue weighted by molar-refractivity contribution is -0.139. The molecule has 0 fully saturated rings. The van der Waals surface area contributed by atoms with E-state index in [4.69, 9.17) is 5.26 Å². The second-order valence-electron chi connectivity index (χ2n) is 2.00. The minimum Gasteiger partial charge on any atom is -0.465 e. The van der Waals surface area contributed by atoms with Crippen molar-refractivity contribution in [2.45, 2.75) is 13.3 Å². The van der Waals surface area contributed by atoms with Gasteiger partial charge in [-0.25, -0.2) is 0 Å². The highest BCUT2D eigenvalue weighted by molar-refractivity contribution is 7.85. The summed E-state index contributed by atoms with van der Waals surface area (Å²) < 4.78 is 15.5. The number of rotatable bonds is 5. The van der Waals surface area contributed by atoms with Crippen molar-refractivity contribution in [2.24, 2.45) is 0 Å². The molecule has 68 valence electrons. The first-order valence-corrected chi connectivity index (χ1v) is 5.07. The molecule has 0 aliphatic carbocycles. The maximum atomic E-state index is 10.9. The number of carbonyl (C=O) groups is 1. The van der Waals surface area contributed by atoms with Crippen LogP contribution in [0.15, 0.2) is 0 Å². The van der Waals surface area contributed by atoms with E-state index in [-0.39, 0.29) is 17.9 Å². The fourth-order valence-corrected chi connectivity index (χ4v) is 1.38. The average Bonchev–Trinajstić information content (AvgIpc) is 2.01. The van der Waals surface area contributed by atoms with Gasteiger partial charge < -0.3 is 4.74 Å². The van der Waals surface area contributed by atoms with Gasteiger partial charge in [-0.15, -0.1) is 0 Å². The second kappa shape index (κ2) is 6.80. The molecular formula is C7H11NO3S. The third kappa shape index (κ3) is 5.86. The summed E-state index contributed by atoms with van der Waals surface area (Å²) >= 11 is 0. The van der Waals surface area contributed by atoms with Gasteiger partial charge in [0.25, 0.3) is 0 Å². The first-order chi connectivity index (χ1) is 5.70. The van der Waals surface area contributed by atoms with Crippen molar-refractivity contribution in [2.75, 3.05) is 18.1 Å². The number of hydrogen-bond acceptors (Lipinski definition) is 4. The third-order valence-electron chi connectivity index (χ3n) is 1.03. The Labute approximate surface area is 74.0 Å². The molecule has 0 radical (unpaired) electrons. The van der Waals surface area contributed by atoms with Crippen LogP contribution in [-0.4, -0.2) is 28.3 Å². The highest BCUT2D eigenvalue weighted by Gasteiger charge is 2.07. The monoisotopic (exact) mass is 189 g/mol. The SMILES string of the molecule is CCOC(=O)CS(=O)CCC#N. The normalized spacial score (nSPS) is 11.7. The molecule has 0 spiro atoms. The highest BCUT2D eigenvalue weighted by Crippen LogP contribution is 1.89. The van der Waals surface area contributed by atoms with Crippen LogP contribution in [0.4, 0.5) is 0 Å². The first kappa shape index (κ1) is 11.1. The molecule has 1 atom stereocenters. The highest BCUT2D eigenvalue weighted by atomic mass is 32.2. The van der Waals surface area contributed by atoms with Crippen molar-refractivity contribution in [3.8, 4) is 6.07 Å². The van der Waals surface area contributed by atoms with Gasteiger partial charge in [-0.3, -0.25) is 9.00 Å². The van der Waals surface area contributed by atoms with Crippen LogP contribution in [0.3, 0.4) is 0 Å². The number of hydrogen-bond donors (Lipinski definition) is 0. The maximum absolute atomic E-state index is 10.9. The quantitative estimate of drug-likeness (QED) is 0.580. The molecule has 1 unspecified atom stereocenters. The van der Waals surface area contributed by atoms with Gasteiger partial charge in [0.2, 0.25) is 0 Å². The molecule has 0 saturated carbocycles. The Bertz CT molecular complexity index is 209. The van der Waals surface area contributed by atoms with Crippen LogP contribution < -0.4 is 0 Å². The van der Waals surface area contributed by atoms with Gasteiger partial charge in [0.05, 0.1) is 12.7 Å². The van der Waals surface area contributed by atoms with Gasteiger partial charge in [-0.1, -0.05) is 0 Å². The standard InChI is InChI=1S/C7H11NO3S/c1-2-11-7(9)6-12(10)5-3-4-8/h2-3,5-6H2,1H3. The molecule has 0 aromatic carbocycles. The van der Waals surface area contributed by atoms with Gasteiger partial charge in [-0.2, -0.15) is 5.26 Å². The minimum absolute atomic E-state index is 0.102. The van der Waals surface area contributed by atoms with Crippen molar-refractivity contribution in [1.29, 1.82) is 5.26 Å². The second-order valence-corrected chi connectivity index (χ2v) is 3.58. The predicted octanol–water partition coefficient (Wildman–Crippen LogP) is 0.212. The fourth-order valence-electron chi connectivity index (χ4n) is 0.566. The van der Waals surface area contributed by atoms with Gasteiger partial charge in [0.1, 0.15) is 5.75 Å². The van der Waals surface area contributed by atoms with E-state index < -0.39 is 16.8 Å². The fraction of sp³-hybridized carbons (Fsp3) is 0.714. The van der Waals surface area contributed by atoms with E-state index in [1.807, 2.05) is 6.07 Å².